The van der Waals surface area contributed by atoms with E-state index < -0.39 is 0 Å². The molecule has 0 spiro atoms. The van der Waals surface area contributed by atoms with E-state index in [2.05, 4.69) is 27.9 Å². The highest BCUT2D eigenvalue weighted by Crippen LogP contribution is 2.15. The summed E-state index contributed by atoms with van der Waals surface area (Å²) in [6.07, 6.45) is 0. The number of imidazole rings is 1. The maximum Gasteiger partial charge on any atom is 0.317 e. The van der Waals surface area contributed by atoms with Crippen molar-refractivity contribution in [1.29, 1.82) is 0 Å². The molecule has 0 saturated carbocycles. The minimum Gasteiger partial charge on any atom is -0.331 e. The van der Waals surface area contributed by atoms with Gasteiger partial charge in [0, 0.05) is 20.1 Å². The maximum absolute atomic E-state index is 12.3. The number of hydrogen-bond donors (Lipinski definition) is 1. The van der Waals surface area contributed by atoms with E-state index in [1.807, 2.05) is 48.5 Å². The van der Waals surface area contributed by atoms with Crippen molar-refractivity contribution in [2.45, 2.75) is 26.6 Å². The molecule has 1 N–H and O–H groups in total. The Morgan fingerprint density at radius 3 is 2.58 bits per heavy atom. The third-order valence-corrected chi connectivity index (χ3v) is 4.06. The molecule has 124 valence electrons. The van der Waals surface area contributed by atoms with Gasteiger partial charge in [0.05, 0.1) is 17.6 Å². The van der Waals surface area contributed by atoms with Gasteiger partial charge in [0.2, 0.25) is 0 Å². The van der Waals surface area contributed by atoms with Gasteiger partial charge >= 0.3 is 6.03 Å². The zero-order valence-electron chi connectivity index (χ0n) is 14.1. The molecule has 0 radical (unpaired) electrons. The molecular formula is C19H22N4O. The number of para-hydroxylation sites is 2. The van der Waals surface area contributed by atoms with Crippen molar-refractivity contribution < 1.29 is 4.79 Å². The van der Waals surface area contributed by atoms with E-state index in [4.69, 9.17) is 0 Å². The summed E-state index contributed by atoms with van der Waals surface area (Å²) in [5.41, 5.74) is 3.17. The van der Waals surface area contributed by atoms with Crippen molar-refractivity contribution in [2.24, 2.45) is 0 Å². The first kappa shape index (κ1) is 16.1. The summed E-state index contributed by atoms with van der Waals surface area (Å²) in [6.45, 7) is 3.91. The van der Waals surface area contributed by atoms with E-state index in [0.29, 0.717) is 13.1 Å². The van der Waals surface area contributed by atoms with E-state index in [1.165, 1.54) is 0 Å². The zero-order valence-corrected chi connectivity index (χ0v) is 14.1. The molecule has 3 aromatic rings. The van der Waals surface area contributed by atoms with Crippen molar-refractivity contribution in [3.63, 3.8) is 0 Å². The summed E-state index contributed by atoms with van der Waals surface area (Å²) < 4.78 is 2.13. The van der Waals surface area contributed by atoms with Crippen molar-refractivity contribution in [3.05, 3.63) is 66.0 Å². The molecule has 1 heterocycles. The molecule has 24 heavy (non-hydrogen) atoms. The monoisotopic (exact) mass is 322 g/mol. The Morgan fingerprint density at radius 1 is 1.12 bits per heavy atom. The van der Waals surface area contributed by atoms with Gasteiger partial charge in [-0.15, -0.1) is 0 Å². The van der Waals surface area contributed by atoms with Gasteiger partial charge in [0.15, 0.2) is 0 Å². The Hall–Kier alpha value is -2.82. The van der Waals surface area contributed by atoms with Gasteiger partial charge < -0.3 is 14.8 Å². The Morgan fingerprint density at radius 2 is 1.83 bits per heavy atom. The van der Waals surface area contributed by atoms with E-state index in [-0.39, 0.29) is 6.03 Å². The SMILES string of the molecule is CCn1c(CNC(=O)N(C)Cc2ccccc2)nc2ccccc21. The highest BCUT2D eigenvalue weighted by Gasteiger charge is 2.12. The van der Waals surface area contributed by atoms with Crippen LogP contribution < -0.4 is 5.32 Å². The molecule has 0 unspecified atom stereocenters. The summed E-state index contributed by atoms with van der Waals surface area (Å²) >= 11 is 0. The predicted molar refractivity (Wildman–Crippen MR) is 95.6 cm³/mol. The van der Waals surface area contributed by atoms with Crippen LogP contribution in [0.2, 0.25) is 0 Å². The average molecular weight is 322 g/mol. The first-order chi connectivity index (χ1) is 11.7. The average Bonchev–Trinajstić information content (AvgIpc) is 2.98. The minimum atomic E-state index is -0.103. The Balaban J connectivity index is 1.66. The van der Waals surface area contributed by atoms with Gasteiger partial charge in [-0.3, -0.25) is 0 Å². The predicted octanol–water partition coefficient (Wildman–Crippen LogP) is 3.40. The quantitative estimate of drug-likeness (QED) is 0.783. The lowest BCUT2D eigenvalue weighted by molar-refractivity contribution is 0.206. The number of carbonyl (C=O) groups is 1. The van der Waals surface area contributed by atoms with Crippen LogP contribution in [0, 0.1) is 0 Å². The molecule has 0 atom stereocenters. The lowest BCUT2D eigenvalue weighted by Crippen LogP contribution is -2.36. The molecule has 2 aromatic carbocycles. The summed E-state index contributed by atoms with van der Waals surface area (Å²) in [6, 6.07) is 17.9. The van der Waals surface area contributed by atoms with Crippen LogP contribution in [0.5, 0.6) is 0 Å². The van der Waals surface area contributed by atoms with Crippen molar-refractivity contribution in [2.75, 3.05) is 7.05 Å². The van der Waals surface area contributed by atoms with Gasteiger partial charge in [-0.25, -0.2) is 9.78 Å². The molecule has 0 aliphatic carbocycles. The molecule has 3 rings (SSSR count). The first-order valence-corrected chi connectivity index (χ1v) is 8.16. The number of aryl methyl sites for hydroxylation is 1. The number of benzene rings is 2. The second-order valence-electron chi connectivity index (χ2n) is 5.76. The summed E-state index contributed by atoms with van der Waals surface area (Å²) in [4.78, 5) is 18.6. The summed E-state index contributed by atoms with van der Waals surface area (Å²) in [7, 11) is 1.80. The van der Waals surface area contributed by atoms with Crippen LogP contribution >= 0.6 is 0 Å². The fourth-order valence-corrected chi connectivity index (χ4v) is 2.83. The van der Waals surface area contributed by atoms with Crippen LogP contribution in [-0.2, 0) is 19.6 Å². The first-order valence-electron chi connectivity index (χ1n) is 8.16. The van der Waals surface area contributed by atoms with E-state index in [1.54, 1.807) is 11.9 Å². The van der Waals surface area contributed by atoms with Gasteiger partial charge in [-0.1, -0.05) is 42.5 Å². The fourth-order valence-electron chi connectivity index (χ4n) is 2.83. The second-order valence-corrected chi connectivity index (χ2v) is 5.76. The number of nitrogens with zero attached hydrogens (tertiary/aromatic N) is 3. The molecule has 0 aliphatic rings. The van der Waals surface area contributed by atoms with Gasteiger partial charge in [0.25, 0.3) is 0 Å². The molecule has 1 aromatic heterocycles. The molecule has 0 fully saturated rings. The number of aromatic nitrogens is 2. The van der Waals surface area contributed by atoms with Crippen LogP contribution in [-0.4, -0.2) is 27.5 Å². The van der Waals surface area contributed by atoms with Crippen molar-refractivity contribution >= 4 is 17.1 Å². The zero-order chi connectivity index (χ0) is 16.9. The molecule has 0 saturated heterocycles. The number of nitrogens with one attached hydrogen (secondary N) is 1. The number of urea groups is 1. The van der Waals surface area contributed by atoms with Crippen LogP contribution in [0.4, 0.5) is 4.79 Å². The second kappa shape index (κ2) is 7.17. The fraction of sp³-hybridized carbons (Fsp3) is 0.263. The Kier molecular flexibility index (Phi) is 4.79. The molecule has 2 amide bonds. The molecule has 5 heteroatoms. The topological polar surface area (TPSA) is 50.2 Å². The molecule has 5 nitrogen and oxygen atoms in total. The van der Waals surface area contributed by atoms with Crippen LogP contribution in [0.25, 0.3) is 11.0 Å². The number of fused-ring (bicyclic) bond motifs is 1. The minimum absolute atomic E-state index is 0.103. The lowest BCUT2D eigenvalue weighted by Gasteiger charge is -2.18. The Labute approximate surface area is 141 Å². The number of hydrogen-bond acceptors (Lipinski definition) is 2. The largest absolute Gasteiger partial charge is 0.331 e. The van der Waals surface area contributed by atoms with E-state index in [0.717, 1.165) is 29.0 Å². The smallest absolute Gasteiger partial charge is 0.317 e. The standard InChI is InChI=1S/C19H22N4O/c1-3-23-17-12-8-7-11-16(17)21-18(23)13-20-19(24)22(2)14-15-9-5-4-6-10-15/h4-12H,3,13-14H2,1-2H3,(H,20,24). The molecule has 0 bridgehead atoms. The molecule has 0 aliphatic heterocycles. The number of carbonyl (C=O) groups excluding carboxylic acids is 1. The van der Waals surface area contributed by atoms with Gasteiger partial charge in [-0.2, -0.15) is 0 Å². The van der Waals surface area contributed by atoms with Gasteiger partial charge in [-0.05, 0) is 24.6 Å². The summed E-state index contributed by atoms with van der Waals surface area (Å²) in [5, 5.41) is 2.96. The van der Waals surface area contributed by atoms with Crippen molar-refractivity contribution in [1.82, 2.24) is 19.8 Å². The van der Waals surface area contributed by atoms with Gasteiger partial charge in [0.1, 0.15) is 5.82 Å². The number of rotatable bonds is 5. The lowest BCUT2D eigenvalue weighted by atomic mass is 10.2. The normalized spacial score (nSPS) is 10.8. The maximum atomic E-state index is 12.3. The third-order valence-electron chi connectivity index (χ3n) is 4.06. The van der Waals surface area contributed by atoms with Crippen LogP contribution in [0.1, 0.15) is 18.3 Å². The highest BCUT2D eigenvalue weighted by atomic mass is 16.2. The van der Waals surface area contributed by atoms with E-state index in [9.17, 15) is 4.79 Å². The van der Waals surface area contributed by atoms with E-state index >= 15 is 0 Å². The molecular weight excluding hydrogens is 300 g/mol. The number of amides is 2. The van der Waals surface area contributed by atoms with Crippen LogP contribution in [0.15, 0.2) is 54.6 Å². The third kappa shape index (κ3) is 3.40. The summed E-state index contributed by atoms with van der Waals surface area (Å²) in [5.74, 6) is 0.875. The Bertz CT molecular complexity index is 826. The highest BCUT2D eigenvalue weighted by molar-refractivity contribution is 5.76. The van der Waals surface area contributed by atoms with Crippen molar-refractivity contribution in [3.8, 4) is 0 Å². The van der Waals surface area contributed by atoms with Crippen LogP contribution in [0.3, 0.4) is 0 Å².